The van der Waals surface area contributed by atoms with Gasteiger partial charge >= 0.3 is 0 Å². The van der Waals surface area contributed by atoms with Crippen molar-refractivity contribution >= 4 is 5.91 Å². The van der Waals surface area contributed by atoms with Crippen LogP contribution < -0.4 is 5.32 Å². The van der Waals surface area contributed by atoms with Gasteiger partial charge in [0.15, 0.2) is 0 Å². The van der Waals surface area contributed by atoms with Gasteiger partial charge in [0.1, 0.15) is 6.10 Å². The molecule has 1 amide bonds. The maximum Gasteiger partial charge on any atom is 0.220 e. The predicted octanol–water partition coefficient (Wildman–Crippen LogP) is 9.54. The van der Waals surface area contributed by atoms with Gasteiger partial charge in [-0.25, -0.2) is 0 Å². The van der Waals surface area contributed by atoms with Crippen molar-refractivity contribution in [1.82, 2.24) is 5.32 Å². The largest absolute Gasteiger partial charge is 0.394 e. The highest BCUT2D eigenvalue weighted by Gasteiger charge is 2.26. The number of aliphatic hydroxyl groups excluding tert-OH is 3. The van der Waals surface area contributed by atoms with Crippen LogP contribution in [0.2, 0.25) is 0 Å². The van der Waals surface area contributed by atoms with Crippen molar-refractivity contribution in [3.8, 4) is 0 Å². The summed E-state index contributed by atoms with van der Waals surface area (Å²) in [4.78, 5) is 12.3. The van der Waals surface area contributed by atoms with Crippen molar-refractivity contribution < 1.29 is 20.1 Å². The molecule has 4 N–H and O–H groups in total. The Balaban J connectivity index is 3.66. The van der Waals surface area contributed by atoms with E-state index in [4.69, 9.17) is 0 Å². The Morgan fingerprint density at radius 1 is 0.512 bits per heavy atom. The molecular weight excluding hydrogens is 510 g/mol. The summed E-state index contributed by atoms with van der Waals surface area (Å²) in [6.45, 7) is 4.16. The summed E-state index contributed by atoms with van der Waals surface area (Å²) < 4.78 is 0. The zero-order chi connectivity index (χ0) is 30.2. The molecule has 0 fully saturated rings. The Kier molecular flexibility index (Phi) is 31.8. The van der Waals surface area contributed by atoms with Gasteiger partial charge < -0.3 is 20.6 Å². The molecule has 0 saturated carbocycles. The van der Waals surface area contributed by atoms with Crippen LogP contribution in [0.4, 0.5) is 0 Å². The van der Waals surface area contributed by atoms with Crippen LogP contribution in [-0.2, 0) is 4.79 Å². The Labute approximate surface area is 256 Å². The van der Waals surface area contributed by atoms with E-state index in [2.05, 4.69) is 19.2 Å². The Morgan fingerprint density at radius 3 is 1.17 bits per heavy atom. The van der Waals surface area contributed by atoms with E-state index in [1.807, 2.05) is 0 Å². The van der Waals surface area contributed by atoms with E-state index in [1.165, 1.54) is 135 Å². The molecule has 0 spiro atoms. The number of hydrogen-bond donors (Lipinski definition) is 4. The van der Waals surface area contributed by atoms with E-state index in [1.54, 1.807) is 0 Å². The fourth-order valence-corrected chi connectivity index (χ4v) is 5.81. The summed E-state index contributed by atoms with van der Waals surface area (Å²) in [5.41, 5.74) is 0. The van der Waals surface area contributed by atoms with Crippen molar-refractivity contribution in [2.45, 2.75) is 218 Å². The van der Waals surface area contributed by atoms with Gasteiger partial charge in [0.05, 0.1) is 18.8 Å². The Hall–Kier alpha value is -0.650. The lowest BCUT2D eigenvalue weighted by Crippen LogP contribution is -2.50. The van der Waals surface area contributed by atoms with Crippen LogP contribution in [0.5, 0.6) is 0 Å². The quantitative estimate of drug-likeness (QED) is 0.0579. The first kappa shape index (κ1) is 40.4. The molecule has 41 heavy (non-hydrogen) atoms. The van der Waals surface area contributed by atoms with Gasteiger partial charge in [-0.3, -0.25) is 4.79 Å². The van der Waals surface area contributed by atoms with E-state index in [0.717, 1.165) is 38.5 Å². The lowest BCUT2D eigenvalue weighted by molar-refractivity contribution is -0.124. The number of aliphatic hydroxyl groups is 3. The first-order chi connectivity index (χ1) is 20.1. The highest BCUT2D eigenvalue weighted by Crippen LogP contribution is 2.16. The molecule has 5 nitrogen and oxygen atoms in total. The van der Waals surface area contributed by atoms with Gasteiger partial charge in [-0.1, -0.05) is 181 Å². The first-order valence-corrected chi connectivity index (χ1v) is 18.3. The summed E-state index contributed by atoms with van der Waals surface area (Å²) >= 11 is 0. The molecule has 0 rings (SSSR count). The number of carbonyl (C=O) groups is 1. The summed E-state index contributed by atoms with van der Waals surface area (Å²) in [5, 5.41) is 33.3. The average Bonchev–Trinajstić information content (AvgIpc) is 2.97. The molecule has 0 radical (unpaired) electrons. The molecule has 246 valence electrons. The first-order valence-electron chi connectivity index (χ1n) is 18.3. The van der Waals surface area contributed by atoms with E-state index in [0.29, 0.717) is 12.8 Å². The van der Waals surface area contributed by atoms with Crippen LogP contribution in [0.15, 0.2) is 0 Å². The number of nitrogens with one attached hydrogen (secondary N) is 1. The van der Waals surface area contributed by atoms with Crippen LogP contribution in [0.1, 0.15) is 200 Å². The second-order valence-corrected chi connectivity index (χ2v) is 12.8. The highest BCUT2D eigenvalue weighted by atomic mass is 16.3. The zero-order valence-corrected chi connectivity index (χ0v) is 27.7. The topological polar surface area (TPSA) is 89.8 Å². The monoisotopic (exact) mass is 584 g/mol. The maximum absolute atomic E-state index is 12.3. The number of amides is 1. The molecule has 0 aliphatic heterocycles. The molecule has 5 heteroatoms. The van der Waals surface area contributed by atoms with Gasteiger partial charge in [0, 0.05) is 6.42 Å². The van der Waals surface area contributed by atoms with E-state index < -0.39 is 18.2 Å². The van der Waals surface area contributed by atoms with Crippen molar-refractivity contribution in [3.63, 3.8) is 0 Å². The van der Waals surface area contributed by atoms with Gasteiger partial charge in [-0.2, -0.15) is 0 Å². The number of unbranched alkanes of at least 4 members (excludes halogenated alkanes) is 25. The Bertz CT molecular complexity index is 530. The minimum Gasteiger partial charge on any atom is -0.394 e. The van der Waals surface area contributed by atoms with Crippen molar-refractivity contribution in [2.24, 2.45) is 0 Å². The van der Waals surface area contributed by atoms with Crippen molar-refractivity contribution in [3.05, 3.63) is 0 Å². The SMILES string of the molecule is CCCCCCCCCCCCCCCCCC(=O)N[C@H](CO)[C@H](O)C(O)CCCCCCCCCCCCCC. The third-order valence-electron chi connectivity index (χ3n) is 8.71. The third kappa shape index (κ3) is 27.9. The third-order valence-corrected chi connectivity index (χ3v) is 8.71. The molecule has 3 atom stereocenters. The van der Waals surface area contributed by atoms with E-state index in [9.17, 15) is 20.1 Å². The van der Waals surface area contributed by atoms with Crippen LogP contribution in [0.3, 0.4) is 0 Å². The highest BCUT2D eigenvalue weighted by molar-refractivity contribution is 5.76. The van der Waals surface area contributed by atoms with Crippen molar-refractivity contribution in [1.29, 1.82) is 0 Å². The zero-order valence-electron chi connectivity index (χ0n) is 27.7. The Morgan fingerprint density at radius 2 is 0.829 bits per heavy atom. The smallest absolute Gasteiger partial charge is 0.220 e. The second-order valence-electron chi connectivity index (χ2n) is 12.8. The van der Waals surface area contributed by atoms with Crippen LogP contribution in [0.25, 0.3) is 0 Å². The molecule has 0 aromatic heterocycles. The minimum absolute atomic E-state index is 0.143. The number of hydrogen-bond acceptors (Lipinski definition) is 4. The molecule has 0 aromatic rings. The lowest BCUT2D eigenvalue weighted by Gasteiger charge is -2.26. The van der Waals surface area contributed by atoms with Crippen LogP contribution >= 0.6 is 0 Å². The predicted molar refractivity (Wildman–Crippen MR) is 176 cm³/mol. The van der Waals surface area contributed by atoms with Crippen LogP contribution in [0, 0.1) is 0 Å². The number of carbonyl (C=O) groups excluding carboxylic acids is 1. The number of rotatable bonds is 33. The molecule has 1 unspecified atom stereocenters. The summed E-state index contributed by atoms with van der Waals surface area (Å²) in [6.07, 6.45) is 33.3. The lowest BCUT2D eigenvalue weighted by atomic mass is 9.99. The summed E-state index contributed by atoms with van der Waals surface area (Å²) in [7, 11) is 0. The molecule has 0 aliphatic carbocycles. The average molecular weight is 584 g/mol. The molecule has 0 aromatic carbocycles. The van der Waals surface area contributed by atoms with E-state index in [-0.39, 0.29) is 12.5 Å². The minimum atomic E-state index is -1.13. The normalized spacial score (nSPS) is 13.8. The summed E-state index contributed by atoms with van der Waals surface area (Å²) in [5.74, 6) is -0.143. The van der Waals surface area contributed by atoms with Gasteiger partial charge in [0.2, 0.25) is 5.91 Å². The molecule has 0 bridgehead atoms. The van der Waals surface area contributed by atoms with E-state index >= 15 is 0 Å². The molecule has 0 heterocycles. The second kappa shape index (κ2) is 32.3. The molecular formula is C36H73NO4. The summed E-state index contributed by atoms with van der Waals surface area (Å²) in [6, 6.07) is -0.800. The molecule has 0 aliphatic rings. The fraction of sp³-hybridized carbons (Fsp3) is 0.972. The van der Waals surface area contributed by atoms with Crippen molar-refractivity contribution in [2.75, 3.05) is 6.61 Å². The standard InChI is InChI=1S/C36H73NO4/c1-3-5-7-9-11-13-15-17-18-19-21-23-25-27-29-31-35(40)37-33(32-38)36(41)34(39)30-28-26-24-22-20-16-14-12-10-8-6-4-2/h33-34,36,38-39,41H,3-32H2,1-2H3,(H,37,40)/t33-,34?,36+/m1/s1. The van der Waals surface area contributed by atoms with Gasteiger partial charge in [0.25, 0.3) is 0 Å². The fourth-order valence-electron chi connectivity index (χ4n) is 5.81. The van der Waals surface area contributed by atoms with Crippen LogP contribution in [-0.4, -0.2) is 46.1 Å². The van der Waals surface area contributed by atoms with Gasteiger partial charge in [-0.05, 0) is 12.8 Å². The molecule has 0 saturated heterocycles. The maximum atomic E-state index is 12.3. The van der Waals surface area contributed by atoms with Gasteiger partial charge in [-0.15, -0.1) is 0 Å².